The third-order valence-electron chi connectivity index (χ3n) is 4.76. The van der Waals surface area contributed by atoms with E-state index in [0.717, 1.165) is 30.3 Å². The van der Waals surface area contributed by atoms with E-state index in [-0.39, 0.29) is 11.8 Å². The molecule has 1 aromatic carbocycles. The van der Waals surface area contributed by atoms with Gasteiger partial charge in [0.2, 0.25) is 5.91 Å². The smallest absolute Gasteiger partial charge is 0.229 e. The molecule has 1 aliphatic carbocycles. The van der Waals surface area contributed by atoms with Crippen molar-refractivity contribution < 1.29 is 4.79 Å². The fraction of sp³-hybridized carbons (Fsp3) is 0.588. The Morgan fingerprint density at radius 2 is 2.20 bits per heavy atom. The molecular formula is C17H24N2O. The SMILES string of the molecule is CC1CCCC(CNC(=O)C2CNc3ccccc32)C1. The van der Waals surface area contributed by atoms with Gasteiger partial charge in [-0.05, 0) is 36.3 Å². The largest absolute Gasteiger partial charge is 0.384 e. The molecule has 0 bridgehead atoms. The van der Waals surface area contributed by atoms with E-state index in [2.05, 4.69) is 23.6 Å². The highest BCUT2D eigenvalue weighted by Crippen LogP contribution is 2.31. The third-order valence-corrected chi connectivity index (χ3v) is 4.76. The molecule has 3 nitrogen and oxygen atoms in total. The molecule has 2 aliphatic rings. The van der Waals surface area contributed by atoms with Crippen molar-refractivity contribution in [3.8, 4) is 0 Å². The zero-order valence-corrected chi connectivity index (χ0v) is 12.2. The summed E-state index contributed by atoms with van der Waals surface area (Å²) < 4.78 is 0. The van der Waals surface area contributed by atoms with E-state index >= 15 is 0 Å². The van der Waals surface area contributed by atoms with Gasteiger partial charge in [0.25, 0.3) is 0 Å². The molecule has 3 rings (SSSR count). The summed E-state index contributed by atoms with van der Waals surface area (Å²) in [5.41, 5.74) is 2.25. The van der Waals surface area contributed by atoms with Gasteiger partial charge in [-0.2, -0.15) is 0 Å². The minimum atomic E-state index is -0.0211. The Morgan fingerprint density at radius 1 is 1.35 bits per heavy atom. The van der Waals surface area contributed by atoms with Gasteiger partial charge < -0.3 is 10.6 Å². The van der Waals surface area contributed by atoms with E-state index in [4.69, 9.17) is 0 Å². The molecular weight excluding hydrogens is 248 g/mol. The van der Waals surface area contributed by atoms with Crippen LogP contribution in [-0.4, -0.2) is 19.0 Å². The second kappa shape index (κ2) is 5.86. The summed E-state index contributed by atoms with van der Waals surface area (Å²) in [6, 6.07) is 8.12. The fourth-order valence-electron chi connectivity index (χ4n) is 3.63. The van der Waals surface area contributed by atoms with E-state index < -0.39 is 0 Å². The molecule has 0 radical (unpaired) electrons. The van der Waals surface area contributed by atoms with Crippen LogP contribution in [0.4, 0.5) is 5.69 Å². The standard InChI is InChI=1S/C17H24N2O/c1-12-5-4-6-13(9-12)10-19-17(20)15-11-18-16-8-3-2-7-14(15)16/h2-3,7-8,12-13,15,18H,4-6,9-11H2,1H3,(H,19,20). The van der Waals surface area contributed by atoms with Crippen molar-refractivity contribution in [1.29, 1.82) is 0 Å². The molecule has 0 spiro atoms. The molecule has 3 unspecified atom stereocenters. The molecule has 1 amide bonds. The highest BCUT2D eigenvalue weighted by Gasteiger charge is 2.28. The van der Waals surface area contributed by atoms with Gasteiger partial charge in [0.15, 0.2) is 0 Å². The lowest BCUT2D eigenvalue weighted by molar-refractivity contribution is -0.122. The van der Waals surface area contributed by atoms with Crippen LogP contribution < -0.4 is 10.6 Å². The monoisotopic (exact) mass is 272 g/mol. The number of benzene rings is 1. The van der Waals surface area contributed by atoms with Gasteiger partial charge in [-0.15, -0.1) is 0 Å². The van der Waals surface area contributed by atoms with Crippen LogP contribution in [0.1, 0.15) is 44.1 Å². The summed E-state index contributed by atoms with van der Waals surface area (Å²) in [4.78, 5) is 12.4. The quantitative estimate of drug-likeness (QED) is 0.887. The Hall–Kier alpha value is -1.51. The number of nitrogens with one attached hydrogen (secondary N) is 2. The summed E-state index contributed by atoms with van der Waals surface area (Å²) in [7, 11) is 0. The molecule has 108 valence electrons. The number of carbonyl (C=O) groups excluding carboxylic acids is 1. The third kappa shape index (κ3) is 2.82. The maximum Gasteiger partial charge on any atom is 0.229 e. The van der Waals surface area contributed by atoms with Crippen LogP contribution in [0.25, 0.3) is 0 Å². The van der Waals surface area contributed by atoms with Crippen molar-refractivity contribution in [2.75, 3.05) is 18.4 Å². The number of para-hydroxylation sites is 1. The van der Waals surface area contributed by atoms with Gasteiger partial charge >= 0.3 is 0 Å². The average Bonchev–Trinajstić information content (AvgIpc) is 2.89. The molecule has 0 saturated heterocycles. The summed E-state index contributed by atoms with van der Waals surface area (Å²) in [5, 5.41) is 6.49. The Balaban J connectivity index is 1.55. The molecule has 3 heteroatoms. The minimum Gasteiger partial charge on any atom is -0.384 e. The van der Waals surface area contributed by atoms with Gasteiger partial charge in [0.1, 0.15) is 0 Å². The maximum absolute atomic E-state index is 12.4. The van der Waals surface area contributed by atoms with Crippen LogP contribution >= 0.6 is 0 Å². The fourth-order valence-corrected chi connectivity index (χ4v) is 3.63. The van der Waals surface area contributed by atoms with E-state index in [0.29, 0.717) is 5.92 Å². The van der Waals surface area contributed by atoms with Crippen LogP contribution in [0.5, 0.6) is 0 Å². The van der Waals surface area contributed by atoms with Gasteiger partial charge in [-0.3, -0.25) is 4.79 Å². The Kier molecular flexibility index (Phi) is 3.95. The molecule has 0 aromatic heterocycles. The van der Waals surface area contributed by atoms with Crippen LogP contribution in [-0.2, 0) is 4.79 Å². The summed E-state index contributed by atoms with van der Waals surface area (Å²) >= 11 is 0. The first kappa shape index (κ1) is 13.5. The molecule has 1 fully saturated rings. The van der Waals surface area contributed by atoms with E-state index in [1.165, 1.54) is 25.7 Å². The lowest BCUT2D eigenvalue weighted by Gasteiger charge is -2.27. The normalized spacial score (nSPS) is 28.6. The van der Waals surface area contributed by atoms with Crippen molar-refractivity contribution in [3.63, 3.8) is 0 Å². The van der Waals surface area contributed by atoms with E-state index in [9.17, 15) is 4.79 Å². The summed E-state index contributed by atoms with van der Waals surface area (Å²) in [6.07, 6.45) is 5.20. The zero-order valence-electron chi connectivity index (χ0n) is 12.2. The predicted molar refractivity (Wildman–Crippen MR) is 81.8 cm³/mol. The molecule has 1 saturated carbocycles. The topological polar surface area (TPSA) is 41.1 Å². The van der Waals surface area contributed by atoms with Crippen molar-refractivity contribution in [1.82, 2.24) is 5.32 Å². The van der Waals surface area contributed by atoms with Crippen LogP contribution in [0.15, 0.2) is 24.3 Å². The van der Waals surface area contributed by atoms with Gasteiger partial charge in [-0.1, -0.05) is 38.0 Å². The number of fused-ring (bicyclic) bond motifs is 1. The van der Waals surface area contributed by atoms with Crippen LogP contribution in [0, 0.1) is 11.8 Å². The number of carbonyl (C=O) groups is 1. The highest BCUT2D eigenvalue weighted by molar-refractivity contribution is 5.88. The molecule has 1 aromatic rings. The van der Waals surface area contributed by atoms with Crippen molar-refractivity contribution in [2.45, 2.75) is 38.5 Å². The first-order valence-electron chi connectivity index (χ1n) is 7.84. The number of rotatable bonds is 3. The number of anilines is 1. The van der Waals surface area contributed by atoms with Gasteiger partial charge in [0, 0.05) is 18.8 Å². The zero-order chi connectivity index (χ0) is 13.9. The average molecular weight is 272 g/mol. The van der Waals surface area contributed by atoms with Gasteiger partial charge in [0.05, 0.1) is 5.92 Å². The maximum atomic E-state index is 12.4. The molecule has 3 atom stereocenters. The Morgan fingerprint density at radius 3 is 3.05 bits per heavy atom. The van der Waals surface area contributed by atoms with Crippen molar-refractivity contribution in [2.24, 2.45) is 11.8 Å². The lowest BCUT2D eigenvalue weighted by Crippen LogP contribution is -2.35. The van der Waals surface area contributed by atoms with Crippen molar-refractivity contribution >= 4 is 11.6 Å². The summed E-state index contributed by atoms with van der Waals surface area (Å²) in [5.74, 6) is 1.65. The predicted octanol–water partition coefficient (Wildman–Crippen LogP) is 3.14. The Labute approximate surface area is 121 Å². The number of amides is 1. The molecule has 20 heavy (non-hydrogen) atoms. The number of hydrogen-bond donors (Lipinski definition) is 2. The van der Waals surface area contributed by atoms with E-state index in [1.807, 2.05) is 18.2 Å². The Bertz CT molecular complexity index is 486. The minimum absolute atomic E-state index is 0.0211. The van der Waals surface area contributed by atoms with Crippen LogP contribution in [0.3, 0.4) is 0 Å². The number of hydrogen-bond acceptors (Lipinski definition) is 2. The van der Waals surface area contributed by atoms with Gasteiger partial charge in [-0.25, -0.2) is 0 Å². The first-order valence-corrected chi connectivity index (χ1v) is 7.84. The lowest BCUT2D eigenvalue weighted by atomic mass is 9.82. The van der Waals surface area contributed by atoms with E-state index in [1.54, 1.807) is 0 Å². The second-order valence-corrected chi connectivity index (χ2v) is 6.40. The first-order chi connectivity index (χ1) is 9.74. The summed E-state index contributed by atoms with van der Waals surface area (Å²) in [6.45, 7) is 3.90. The molecule has 1 aliphatic heterocycles. The highest BCUT2D eigenvalue weighted by atomic mass is 16.1. The van der Waals surface area contributed by atoms with Crippen LogP contribution in [0.2, 0.25) is 0 Å². The second-order valence-electron chi connectivity index (χ2n) is 6.40. The molecule has 1 heterocycles. The molecule has 2 N–H and O–H groups in total. The van der Waals surface area contributed by atoms with Crippen molar-refractivity contribution in [3.05, 3.63) is 29.8 Å².